The van der Waals surface area contributed by atoms with E-state index in [1.807, 2.05) is 20.8 Å². The smallest absolute Gasteiger partial charge is 0.309 e. The van der Waals surface area contributed by atoms with Crippen LogP contribution in [0.4, 0.5) is 0 Å². The number of ether oxygens (including phenoxy) is 10. The second-order valence-electron chi connectivity index (χ2n) is 17.3. The first kappa shape index (κ1) is 51.1. The Hall–Kier alpha value is -2.29. The molecule has 0 radical (unpaired) electrons. The molecule has 0 aromatic rings. The number of aliphatic hydroxyl groups is 3. The van der Waals surface area contributed by atoms with Crippen LogP contribution in [0.5, 0.6) is 0 Å². The average molecular weight is 848 g/mol. The van der Waals surface area contributed by atoms with Crippen molar-refractivity contribution in [1.29, 1.82) is 0 Å². The number of hydrogen-bond acceptors (Lipinski definition) is 17. The Morgan fingerprint density at radius 2 is 1.63 bits per heavy atom. The summed E-state index contributed by atoms with van der Waals surface area (Å²) in [5.74, 6) is -2.58. The van der Waals surface area contributed by atoms with Crippen LogP contribution in [0.3, 0.4) is 0 Å². The first-order valence-corrected chi connectivity index (χ1v) is 20.8. The third kappa shape index (κ3) is 14.7. The fourth-order valence-corrected chi connectivity index (χ4v) is 8.37. The van der Waals surface area contributed by atoms with Crippen molar-refractivity contribution in [2.45, 2.75) is 185 Å². The van der Waals surface area contributed by atoms with Crippen LogP contribution in [0.15, 0.2) is 12.2 Å². The van der Waals surface area contributed by atoms with E-state index < -0.39 is 115 Å². The molecule has 2 saturated heterocycles. The van der Waals surface area contributed by atoms with Crippen LogP contribution in [-0.2, 0) is 61.8 Å². The minimum atomic E-state index is -1.49. The molecule has 1 unspecified atom stereocenters. The molecule has 3 aliphatic heterocycles. The summed E-state index contributed by atoms with van der Waals surface area (Å²) in [4.78, 5) is 40.2. The number of nitrogens with zero attached hydrogens (tertiary/aromatic N) is 1. The molecule has 17 nitrogen and oxygen atoms in total. The summed E-state index contributed by atoms with van der Waals surface area (Å²) in [6.45, 7) is 13.7. The lowest BCUT2D eigenvalue weighted by molar-refractivity contribution is -0.345. The zero-order valence-electron chi connectivity index (χ0n) is 37.3. The summed E-state index contributed by atoms with van der Waals surface area (Å²) < 4.78 is 60.3. The number of rotatable bonds is 14. The molecule has 3 heterocycles. The fourth-order valence-electron chi connectivity index (χ4n) is 8.37. The summed E-state index contributed by atoms with van der Waals surface area (Å²) in [7, 11) is 7.93. The van der Waals surface area contributed by atoms with E-state index in [4.69, 9.17) is 47.4 Å². The molecule has 3 aliphatic rings. The van der Waals surface area contributed by atoms with Crippen molar-refractivity contribution in [1.82, 2.24) is 4.90 Å². The molecule has 342 valence electrons. The fraction of sp³-hybridized carbons (Fsp3) is 0.881. The van der Waals surface area contributed by atoms with Gasteiger partial charge in [0.1, 0.15) is 36.1 Å². The first-order chi connectivity index (χ1) is 27.6. The molecule has 0 aromatic carbocycles. The van der Waals surface area contributed by atoms with Gasteiger partial charge < -0.3 is 67.6 Å². The Morgan fingerprint density at radius 1 is 0.966 bits per heavy atom. The number of carbonyl (C=O) groups is 3. The number of esters is 3. The van der Waals surface area contributed by atoms with Crippen molar-refractivity contribution >= 4 is 17.9 Å². The molecule has 0 spiro atoms. The van der Waals surface area contributed by atoms with E-state index >= 15 is 0 Å². The Morgan fingerprint density at radius 3 is 2.19 bits per heavy atom. The van der Waals surface area contributed by atoms with E-state index in [1.54, 1.807) is 58.8 Å². The SMILES string of the molecule is COC(C[C@H]1C[C@@H](C)[C@@H](O)/C=C/C[C@@H](C)OC(=O)C[C@@H](OC(C)=O)[C@H](OC)C1O[C@@H]1O[C@H](C)[C@@H](O[C@H]2C[C@@](C)(O)[C@@H](OC(=O)CC(C)C)[C@H](C)O2)[C@H](N(C)C)[C@H]1O)OC. The predicted molar refractivity (Wildman–Crippen MR) is 212 cm³/mol. The zero-order valence-corrected chi connectivity index (χ0v) is 37.3. The lowest BCUT2D eigenvalue weighted by atomic mass is 9.82. The second-order valence-corrected chi connectivity index (χ2v) is 17.3. The van der Waals surface area contributed by atoms with Gasteiger partial charge in [-0.1, -0.05) is 32.9 Å². The minimum absolute atomic E-state index is 0.0340. The van der Waals surface area contributed by atoms with Crippen molar-refractivity contribution in [2.75, 3.05) is 35.4 Å². The van der Waals surface area contributed by atoms with Gasteiger partial charge in [0.15, 0.2) is 25.0 Å². The first-order valence-electron chi connectivity index (χ1n) is 20.8. The van der Waals surface area contributed by atoms with E-state index in [9.17, 15) is 29.7 Å². The summed E-state index contributed by atoms with van der Waals surface area (Å²) >= 11 is 0. The van der Waals surface area contributed by atoms with Crippen molar-refractivity contribution in [2.24, 2.45) is 17.8 Å². The van der Waals surface area contributed by atoms with E-state index in [0.29, 0.717) is 12.8 Å². The van der Waals surface area contributed by atoms with Gasteiger partial charge >= 0.3 is 17.9 Å². The van der Waals surface area contributed by atoms with Gasteiger partial charge in [-0.05, 0) is 66.0 Å². The molecule has 0 aliphatic carbocycles. The molecule has 59 heavy (non-hydrogen) atoms. The molecule has 3 rings (SSSR count). The van der Waals surface area contributed by atoms with E-state index in [-0.39, 0.29) is 37.5 Å². The molecule has 0 amide bonds. The van der Waals surface area contributed by atoms with Gasteiger partial charge in [-0.2, -0.15) is 0 Å². The maximum absolute atomic E-state index is 13.3. The van der Waals surface area contributed by atoms with Crippen LogP contribution in [0.1, 0.15) is 93.9 Å². The Bertz CT molecular complexity index is 1340. The van der Waals surface area contributed by atoms with E-state index in [2.05, 4.69) is 0 Å². The maximum Gasteiger partial charge on any atom is 0.309 e. The van der Waals surface area contributed by atoms with Crippen LogP contribution >= 0.6 is 0 Å². The highest BCUT2D eigenvalue weighted by atomic mass is 16.7. The highest BCUT2D eigenvalue weighted by Gasteiger charge is 2.53. The van der Waals surface area contributed by atoms with Gasteiger partial charge in [0, 0.05) is 53.9 Å². The average Bonchev–Trinajstić information content (AvgIpc) is 3.11. The lowest BCUT2D eigenvalue weighted by Crippen LogP contribution is -2.66. The highest BCUT2D eigenvalue weighted by molar-refractivity contribution is 5.72. The van der Waals surface area contributed by atoms with Gasteiger partial charge in [0.05, 0.1) is 36.9 Å². The van der Waals surface area contributed by atoms with Gasteiger partial charge in [0.2, 0.25) is 0 Å². The third-order valence-electron chi connectivity index (χ3n) is 11.3. The molecule has 16 atom stereocenters. The lowest BCUT2D eigenvalue weighted by Gasteiger charge is -2.50. The predicted octanol–water partition coefficient (Wildman–Crippen LogP) is 2.88. The molecule has 2 fully saturated rings. The van der Waals surface area contributed by atoms with E-state index in [1.165, 1.54) is 28.3 Å². The summed E-state index contributed by atoms with van der Waals surface area (Å²) in [5.41, 5.74) is -1.49. The summed E-state index contributed by atoms with van der Waals surface area (Å²) in [6, 6.07) is -0.760. The van der Waals surface area contributed by atoms with Gasteiger partial charge in [-0.15, -0.1) is 0 Å². The Balaban J connectivity index is 2.02. The van der Waals surface area contributed by atoms with Crippen molar-refractivity contribution in [3.63, 3.8) is 0 Å². The molecule has 0 saturated carbocycles. The second kappa shape index (κ2) is 23.2. The van der Waals surface area contributed by atoms with Crippen molar-refractivity contribution < 1.29 is 77.1 Å². The Labute approximate surface area is 350 Å². The zero-order chi connectivity index (χ0) is 44.4. The largest absolute Gasteiger partial charge is 0.462 e. The van der Waals surface area contributed by atoms with Gasteiger partial charge in [-0.25, -0.2) is 0 Å². The van der Waals surface area contributed by atoms with Gasteiger partial charge in [0.25, 0.3) is 0 Å². The monoisotopic (exact) mass is 847 g/mol. The van der Waals surface area contributed by atoms with Gasteiger partial charge in [-0.3, -0.25) is 14.4 Å². The summed E-state index contributed by atoms with van der Waals surface area (Å²) in [6.07, 6.45) is -8.29. The quantitative estimate of drug-likeness (QED) is 0.0994. The number of aliphatic hydroxyl groups excluding tert-OH is 2. The minimum Gasteiger partial charge on any atom is -0.462 e. The molecular formula is C42H73NO16. The number of likely N-dealkylation sites (N-methyl/N-ethyl adjacent to an activating group) is 1. The molecule has 3 N–H and O–H groups in total. The van der Waals surface area contributed by atoms with Crippen LogP contribution in [0, 0.1) is 17.8 Å². The standard InChI is InChI=1S/C42H73NO16/c1-22(2)17-31(46)57-40-26(6)54-34(21-42(40,8)49)58-37-25(5)55-41(36(48)35(37)43(9)10)59-38-28(19-33(50-11)51-12)18-23(3)29(45)16-14-15-24(4)53-32(47)20-30(39(38)52-13)56-27(7)44/h14,16,22-26,28-30,33-41,45,48-49H,15,17-21H2,1-13H3/b16-14+/t23-,24-,25-,26+,28-,29+,30-,34+,35-,36-,37-,38?,39+,40+,41+,42-/m1/s1. The van der Waals surface area contributed by atoms with Crippen LogP contribution < -0.4 is 0 Å². The number of carbonyl (C=O) groups excluding carboxylic acids is 3. The molecular weight excluding hydrogens is 774 g/mol. The number of methoxy groups -OCH3 is 3. The normalized spacial score (nSPS) is 39.7. The highest BCUT2D eigenvalue weighted by Crippen LogP contribution is 2.38. The summed E-state index contributed by atoms with van der Waals surface area (Å²) in [5, 5.41) is 34.9. The molecule has 0 aromatic heterocycles. The topological polar surface area (TPSA) is 207 Å². The van der Waals surface area contributed by atoms with Crippen LogP contribution in [0.2, 0.25) is 0 Å². The Kier molecular flexibility index (Phi) is 20.1. The number of cyclic esters (lactones) is 1. The van der Waals surface area contributed by atoms with Crippen LogP contribution in [0.25, 0.3) is 0 Å². The van der Waals surface area contributed by atoms with Crippen molar-refractivity contribution in [3.05, 3.63) is 12.2 Å². The maximum atomic E-state index is 13.3. The molecule has 17 heteroatoms. The number of hydrogen-bond donors (Lipinski definition) is 3. The third-order valence-corrected chi connectivity index (χ3v) is 11.3. The molecule has 0 bridgehead atoms. The van der Waals surface area contributed by atoms with Crippen molar-refractivity contribution in [3.8, 4) is 0 Å². The van der Waals surface area contributed by atoms with Crippen LogP contribution in [-0.4, -0.2) is 165 Å². The van der Waals surface area contributed by atoms with E-state index in [0.717, 1.165) is 0 Å².